The van der Waals surface area contributed by atoms with Crippen LogP contribution in [0, 0.1) is 13.8 Å². The highest BCUT2D eigenvalue weighted by molar-refractivity contribution is 5.75. The zero-order valence-corrected chi connectivity index (χ0v) is 22.0. The van der Waals surface area contributed by atoms with E-state index in [0.717, 1.165) is 41.3 Å². The van der Waals surface area contributed by atoms with Crippen molar-refractivity contribution in [1.82, 2.24) is 9.55 Å². The molecule has 4 rings (SSSR count). The molecule has 0 aliphatic heterocycles. The van der Waals surface area contributed by atoms with Crippen LogP contribution in [-0.2, 0) is 13.2 Å². The normalized spacial score (nSPS) is 11.5. The van der Waals surface area contributed by atoms with Crippen molar-refractivity contribution in [2.75, 3.05) is 6.61 Å². The molecule has 0 atom stereocenters. The fourth-order valence-electron chi connectivity index (χ4n) is 4.52. The van der Waals surface area contributed by atoms with Crippen molar-refractivity contribution in [2.45, 2.75) is 73.0 Å². The maximum Gasteiger partial charge on any atom is 0.148 e. The first-order chi connectivity index (χ1) is 16.8. The van der Waals surface area contributed by atoms with E-state index in [1.807, 2.05) is 6.07 Å². The molecule has 4 nitrogen and oxygen atoms in total. The van der Waals surface area contributed by atoms with Crippen LogP contribution in [0.5, 0.6) is 11.5 Å². The molecule has 184 valence electrons. The second kappa shape index (κ2) is 11.0. The van der Waals surface area contributed by atoms with Gasteiger partial charge in [0, 0.05) is 6.54 Å². The van der Waals surface area contributed by atoms with E-state index in [1.54, 1.807) is 0 Å². The molecule has 4 aromatic rings. The molecule has 0 fully saturated rings. The Morgan fingerprint density at radius 2 is 1.37 bits per heavy atom. The Bertz CT molecular complexity index is 1290. The van der Waals surface area contributed by atoms with Gasteiger partial charge in [0.1, 0.15) is 23.9 Å². The third-order valence-corrected chi connectivity index (χ3v) is 6.46. The molecule has 1 heterocycles. The average Bonchev–Trinajstić information content (AvgIpc) is 3.17. The smallest absolute Gasteiger partial charge is 0.148 e. The summed E-state index contributed by atoms with van der Waals surface area (Å²) in [5, 5.41) is 0. The fourth-order valence-corrected chi connectivity index (χ4v) is 4.52. The van der Waals surface area contributed by atoms with Gasteiger partial charge in [-0.05, 0) is 78.6 Å². The molecule has 0 bridgehead atoms. The number of imidazole rings is 1. The molecule has 0 saturated carbocycles. The van der Waals surface area contributed by atoms with Crippen LogP contribution >= 0.6 is 0 Å². The number of hydrogen-bond acceptors (Lipinski definition) is 3. The van der Waals surface area contributed by atoms with Gasteiger partial charge in [0.05, 0.1) is 17.6 Å². The summed E-state index contributed by atoms with van der Waals surface area (Å²) < 4.78 is 14.9. The number of aryl methyl sites for hydroxylation is 3. The van der Waals surface area contributed by atoms with Gasteiger partial charge in [0.15, 0.2) is 0 Å². The van der Waals surface area contributed by atoms with E-state index in [9.17, 15) is 0 Å². The maximum atomic E-state index is 6.35. The lowest BCUT2D eigenvalue weighted by Gasteiger charge is -2.17. The molecule has 0 radical (unpaired) electrons. The first-order valence-corrected chi connectivity index (χ1v) is 12.7. The topological polar surface area (TPSA) is 36.3 Å². The van der Waals surface area contributed by atoms with Crippen LogP contribution in [0.4, 0.5) is 0 Å². The zero-order valence-electron chi connectivity index (χ0n) is 22.0. The first kappa shape index (κ1) is 24.8. The molecule has 4 heteroatoms. The number of aromatic nitrogens is 2. The number of para-hydroxylation sites is 2. The van der Waals surface area contributed by atoms with Crippen molar-refractivity contribution >= 4 is 11.0 Å². The summed E-state index contributed by atoms with van der Waals surface area (Å²) in [7, 11) is 0. The van der Waals surface area contributed by atoms with E-state index < -0.39 is 0 Å². The quantitative estimate of drug-likeness (QED) is 0.221. The Labute approximate surface area is 209 Å². The fraction of sp³-hybridized carbons (Fsp3) is 0.387. The minimum Gasteiger partial charge on any atom is -0.493 e. The summed E-state index contributed by atoms with van der Waals surface area (Å²) in [4.78, 5) is 4.91. The minimum atomic E-state index is 0.402. The molecular formula is C31H38N2O2. The third-order valence-electron chi connectivity index (χ3n) is 6.46. The lowest BCUT2D eigenvalue weighted by molar-refractivity contribution is 0.276. The van der Waals surface area contributed by atoms with Gasteiger partial charge in [-0.15, -0.1) is 0 Å². The second-order valence-corrected chi connectivity index (χ2v) is 10.1. The number of benzene rings is 3. The van der Waals surface area contributed by atoms with Gasteiger partial charge in [-0.25, -0.2) is 4.98 Å². The van der Waals surface area contributed by atoms with Gasteiger partial charge in [0.2, 0.25) is 0 Å². The maximum absolute atomic E-state index is 6.35. The Hall–Kier alpha value is -3.27. The third kappa shape index (κ3) is 5.87. The van der Waals surface area contributed by atoms with E-state index in [2.05, 4.69) is 101 Å². The van der Waals surface area contributed by atoms with Crippen molar-refractivity contribution < 1.29 is 9.47 Å². The Balaban J connectivity index is 1.49. The lowest BCUT2D eigenvalue weighted by atomic mass is 10.0. The molecule has 0 aliphatic rings. The van der Waals surface area contributed by atoms with Crippen molar-refractivity contribution in [1.29, 1.82) is 0 Å². The van der Waals surface area contributed by atoms with Crippen LogP contribution in [0.3, 0.4) is 0 Å². The van der Waals surface area contributed by atoms with Gasteiger partial charge < -0.3 is 14.0 Å². The molecule has 35 heavy (non-hydrogen) atoms. The van der Waals surface area contributed by atoms with E-state index >= 15 is 0 Å². The number of hydrogen-bond donors (Lipinski definition) is 0. The van der Waals surface area contributed by atoms with Crippen molar-refractivity contribution in [3.05, 3.63) is 88.7 Å². The van der Waals surface area contributed by atoms with Crippen molar-refractivity contribution in [2.24, 2.45) is 0 Å². The molecule has 0 N–H and O–H groups in total. The highest BCUT2D eigenvalue weighted by Gasteiger charge is 2.14. The average molecular weight is 471 g/mol. The van der Waals surface area contributed by atoms with Gasteiger partial charge in [0.25, 0.3) is 0 Å². The number of rotatable bonds is 10. The Morgan fingerprint density at radius 1 is 0.771 bits per heavy atom. The molecule has 3 aromatic carbocycles. The first-order valence-electron chi connectivity index (χ1n) is 12.7. The number of fused-ring (bicyclic) bond motifs is 1. The second-order valence-electron chi connectivity index (χ2n) is 10.1. The highest BCUT2D eigenvalue weighted by atomic mass is 16.5. The molecule has 0 amide bonds. The molecule has 0 saturated heterocycles. The predicted octanol–water partition coefficient (Wildman–Crippen LogP) is 7.95. The monoisotopic (exact) mass is 470 g/mol. The number of ether oxygens (including phenoxy) is 2. The SMILES string of the molecule is Cc1ccc(C(C)C)c(OCCCn2c(COc3cc(C)ccc3C(C)C)nc3ccccc32)c1. The van der Waals surface area contributed by atoms with Crippen LogP contribution in [0.1, 0.15) is 74.0 Å². The Kier molecular flexibility index (Phi) is 7.80. The van der Waals surface area contributed by atoms with E-state index in [4.69, 9.17) is 14.5 Å². The van der Waals surface area contributed by atoms with Crippen molar-refractivity contribution in [3.63, 3.8) is 0 Å². The summed E-state index contributed by atoms with van der Waals surface area (Å²) in [5.41, 5.74) is 7.05. The van der Waals surface area contributed by atoms with Gasteiger partial charge in [-0.1, -0.05) is 64.1 Å². The van der Waals surface area contributed by atoms with Gasteiger partial charge >= 0.3 is 0 Å². The standard InChI is InChI=1S/C31H38N2O2/c1-21(2)25-14-12-23(5)18-29(25)34-17-9-16-33-28-11-8-7-10-27(28)32-31(33)20-35-30-19-24(6)13-15-26(30)22(3)4/h7-8,10-15,18-19,21-22H,9,16-17,20H2,1-6H3. The van der Waals surface area contributed by atoms with Crippen LogP contribution in [0.15, 0.2) is 60.7 Å². The zero-order chi connectivity index (χ0) is 24.9. The van der Waals surface area contributed by atoms with Gasteiger partial charge in [-0.3, -0.25) is 0 Å². The molecule has 1 aromatic heterocycles. The van der Waals surface area contributed by atoms with E-state index in [1.165, 1.54) is 22.3 Å². The summed E-state index contributed by atoms with van der Waals surface area (Å²) in [6, 6.07) is 21.3. The van der Waals surface area contributed by atoms with E-state index in [-0.39, 0.29) is 0 Å². The number of nitrogens with zero attached hydrogens (tertiary/aromatic N) is 2. The highest BCUT2D eigenvalue weighted by Crippen LogP contribution is 2.29. The molecular weight excluding hydrogens is 432 g/mol. The van der Waals surface area contributed by atoms with Crippen LogP contribution in [0.25, 0.3) is 11.0 Å². The van der Waals surface area contributed by atoms with Crippen LogP contribution in [-0.4, -0.2) is 16.2 Å². The summed E-state index contributed by atoms with van der Waals surface area (Å²) in [5.74, 6) is 3.73. The minimum absolute atomic E-state index is 0.402. The van der Waals surface area contributed by atoms with Crippen molar-refractivity contribution in [3.8, 4) is 11.5 Å². The summed E-state index contributed by atoms with van der Waals surface area (Å²) in [6.45, 7) is 15.0. The Morgan fingerprint density at radius 3 is 2.00 bits per heavy atom. The lowest BCUT2D eigenvalue weighted by Crippen LogP contribution is -2.11. The van der Waals surface area contributed by atoms with Crippen LogP contribution in [0.2, 0.25) is 0 Å². The largest absolute Gasteiger partial charge is 0.493 e. The molecule has 0 spiro atoms. The van der Waals surface area contributed by atoms with Gasteiger partial charge in [-0.2, -0.15) is 0 Å². The molecule has 0 unspecified atom stereocenters. The summed E-state index contributed by atoms with van der Waals surface area (Å²) in [6.07, 6.45) is 0.889. The molecule has 0 aliphatic carbocycles. The van der Waals surface area contributed by atoms with Crippen LogP contribution < -0.4 is 9.47 Å². The summed E-state index contributed by atoms with van der Waals surface area (Å²) >= 11 is 0. The van der Waals surface area contributed by atoms with E-state index in [0.29, 0.717) is 25.0 Å². The predicted molar refractivity (Wildman–Crippen MR) is 145 cm³/mol.